The lowest BCUT2D eigenvalue weighted by atomic mass is 9.73. The van der Waals surface area contributed by atoms with Gasteiger partial charge in [-0.15, -0.1) is 0 Å². The Labute approximate surface area is 182 Å². The van der Waals surface area contributed by atoms with Crippen molar-refractivity contribution in [3.8, 4) is 5.75 Å². The number of hydrogen-bond donors (Lipinski definition) is 1. The van der Waals surface area contributed by atoms with Crippen LogP contribution in [0, 0.1) is 17.8 Å². The lowest BCUT2D eigenvalue weighted by molar-refractivity contribution is -0.149. The molecule has 1 saturated carbocycles. The summed E-state index contributed by atoms with van der Waals surface area (Å²) in [5.74, 6) is 2.69. The number of benzene rings is 1. The predicted molar refractivity (Wildman–Crippen MR) is 120 cm³/mol. The van der Waals surface area contributed by atoms with Gasteiger partial charge < -0.3 is 14.6 Å². The molecule has 4 nitrogen and oxygen atoms in total. The summed E-state index contributed by atoms with van der Waals surface area (Å²) in [6.07, 6.45) is 11.1. The average molecular weight is 417 g/mol. The van der Waals surface area contributed by atoms with E-state index in [0.717, 1.165) is 56.1 Å². The molecule has 2 aliphatic carbocycles. The number of hydrogen-bond acceptors (Lipinski definition) is 4. The van der Waals surface area contributed by atoms with Crippen LogP contribution in [0.15, 0.2) is 18.2 Å². The first-order chi connectivity index (χ1) is 14.5. The molecular formula is C26H40O4. The Morgan fingerprint density at radius 2 is 2.00 bits per heavy atom. The molecule has 1 N–H and O–H groups in total. The van der Waals surface area contributed by atoms with Crippen LogP contribution in [0.4, 0.5) is 0 Å². The average Bonchev–Trinajstić information content (AvgIpc) is 3.10. The van der Waals surface area contributed by atoms with E-state index in [-0.39, 0.29) is 24.8 Å². The fraction of sp³-hybridized carbons (Fsp3) is 0.731. The molecule has 0 saturated heterocycles. The van der Waals surface area contributed by atoms with Crippen molar-refractivity contribution in [2.45, 2.75) is 97.2 Å². The fourth-order valence-electron chi connectivity index (χ4n) is 5.49. The number of aliphatic hydroxyl groups excluding tert-OH is 1. The minimum atomic E-state index is -0.310. The van der Waals surface area contributed by atoms with Crippen molar-refractivity contribution < 1.29 is 19.4 Å². The molecule has 0 radical (unpaired) electrons. The summed E-state index contributed by atoms with van der Waals surface area (Å²) in [5, 5.41) is 10.3. The number of rotatable bonds is 11. The van der Waals surface area contributed by atoms with Crippen molar-refractivity contribution in [2.24, 2.45) is 17.8 Å². The lowest BCUT2D eigenvalue weighted by Gasteiger charge is -2.32. The van der Waals surface area contributed by atoms with Gasteiger partial charge in [-0.05, 0) is 93.7 Å². The lowest BCUT2D eigenvalue weighted by Crippen LogP contribution is -2.26. The van der Waals surface area contributed by atoms with Crippen LogP contribution >= 0.6 is 0 Å². The van der Waals surface area contributed by atoms with Crippen LogP contribution in [0.2, 0.25) is 0 Å². The number of unbranched alkanes of at least 4 members (excludes halogenated alkanes) is 2. The van der Waals surface area contributed by atoms with Gasteiger partial charge in [-0.3, -0.25) is 0 Å². The Kier molecular flexibility index (Phi) is 8.61. The zero-order valence-electron chi connectivity index (χ0n) is 19.1. The molecular weight excluding hydrogens is 376 g/mol. The van der Waals surface area contributed by atoms with Gasteiger partial charge in [-0.25, -0.2) is 4.79 Å². The number of ether oxygens (including phenoxy) is 2. The summed E-state index contributed by atoms with van der Waals surface area (Å²) < 4.78 is 11.1. The second kappa shape index (κ2) is 11.2. The van der Waals surface area contributed by atoms with E-state index in [0.29, 0.717) is 5.92 Å². The molecule has 0 bridgehead atoms. The Balaban J connectivity index is 1.55. The van der Waals surface area contributed by atoms with Crippen molar-refractivity contribution >= 4 is 5.97 Å². The molecule has 0 amide bonds. The molecule has 3 rings (SSSR count). The number of fused-ring (bicyclic) bond motifs is 2. The smallest absolute Gasteiger partial charge is 0.344 e. The summed E-state index contributed by atoms with van der Waals surface area (Å²) >= 11 is 0. The Hall–Kier alpha value is -1.55. The molecule has 0 aromatic heterocycles. The SMILES string of the molecule is CCCCCC(O)CCC1CCC2Cc3c(cccc3OCC(=O)OC(C)C)CC12. The molecule has 1 aromatic carbocycles. The van der Waals surface area contributed by atoms with Crippen LogP contribution in [0.1, 0.15) is 83.3 Å². The number of aliphatic hydroxyl groups is 1. The highest BCUT2D eigenvalue weighted by Gasteiger charge is 2.39. The molecule has 0 heterocycles. The number of carbonyl (C=O) groups is 1. The maximum Gasteiger partial charge on any atom is 0.344 e. The highest BCUT2D eigenvalue weighted by molar-refractivity contribution is 5.71. The van der Waals surface area contributed by atoms with Crippen LogP contribution in [-0.2, 0) is 22.4 Å². The van der Waals surface area contributed by atoms with Crippen LogP contribution < -0.4 is 4.74 Å². The molecule has 1 aromatic rings. The molecule has 4 heteroatoms. The van der Waals surface area contributed by atoms with E-state index < -0.39 is 0 Å². The molecule has 0 spiro atoms. The van der Waals surface area contributed by atoms with Crippen LogP contribution in [0.25, 0.3) is 0 Å². The summed E-state index contributed by atoms with van der Waals surface area (Å²) in [6.45, 7) is 5.88. The van der Waals surface area contributed by atoms with Crippen LogP contribution in [-0.4, -0.2) is 29.9 Å². The second-order valence-electron chi connectivity index (χ2n) is 9.62. The topological polar surface area (TPSA) is 55.8 Å². The first kappa shape index (κ1) is 23.1. The molecule has 2 aliphatic rings. The largest absolute Gasteiger partial charge is 0.482 e. The van der Waals surface area contributed by atoms with E-state index in [1.165, 1.54) is 36.8 Å². The highest BCUT2D eigenvalue weighted by atomic mass is 16.6. The van der Waals surface area contributed by atoms with Crippen molar-refractivity contribution in [1.29, 1.82) is 0 Å². The van der Waals surface area contributed by atoms with E-state index in [1.807, 2.05) is 26.0 Å². The minimum absolute atomic E-state index is 0.0265. The Morgan fingerprint density at radius 1 is 1.17 bits per heavy atom. The maximum absolute atomic E-state index is 11.9. The second-order valence-corrected chi connectivity index (χ2v) is 9.62. The van der Waals surface area contributed by atoms with Crippen molar-refractivity contribution in [3.63, 3.8) is 0 Å². The predicted octanol–water partition coefficient (Wildman–Crippen LogP) is 5.48. The van der Waals surface area contributed by atoms with Crippen LogP contribution in [0.3, 0.4) is 0 Å². The molecule has 0 aliphatic heterocycles. The van der Waals surface area contributed by atoms with Gasteiger partial charge >= 0.3 is 5.97 Å². The highest BCUT2D eigenvalue weighted by Crippen LogP contribution is 2.48. The number of esters is 1. The van der Waals surface area contributed by atoms with E-state index >= 15 is 0 Å². The van der Waals surface area contributed by atoms with Gasteiger partial charge in [0.2, 0.25) is 0 Å². The molecule has 4 atom stereocenters. The summed E-state index contributed by atoms with van der Waals surface area (Å²) in [4.78, 5) is 11.9. The van der Waals surface area contributed by atoms with Gasteiger partial charge in [-0.2, -0.15) is 0 Å². The first-order valence-corrected chi connectivity index (χ1v) is 12.1. The summed E-state index contributed by atoms with van der Waals surface area (Å²) in [7, 11) is 0. The summed E-state index contributed by atoms with van der Waals surface area (Å²) in [6, 6.07) is 6.25. The van der Waals surface area contributed by atoms with E-state index in [4.69, 9.17) is 9.47 Å². The van der Waals surface area contributed by atoms with E-state index in [2.05, 4.69) is 13.0 Å². The monoisotopic (exact) mass is 416 g/mol. The molecule has 1 fully saturated rings. The van der Waals surface area contributed by atoms with E-state index in [1.54, 1.807) is 0 Å². The van der Waals surface area contributed by atoms with Crippen molar-refractivity contribution in [1.82, 2.24) is 0 Å². The van der Waals surface area contributed by atoms with Gasteiger partial charge in [0.05, 0.1) is 12.2 Å². The molecule has 168 valence electrons. The van der Waals surface area contributed by atoms with Gasteiger partial charge in [0, 0.05) is 0 Å². The molecule has 30 heavy (non-hydrogen) atoms. The normalized spacial score (nSPS) is 23.7. The number of carbonyl (C=O) groups excluding carboxylic acids is 1. The van der Waals surface area contributed by atoms with Crippen molar-refractivity contribution in [2.75, 3.05) is 6.61 Å². The standard InChI is InChI=1S/C26H40O4/c1-4-5-6-9-22(27)14-13-19-11-12-21-16-24-20(15-23(19)21)8-7-10-25(24)29-17-26(28)30-18(2)3/h7-8,10,18-19,21-23,27H,4-6,9,11-17H2,1-3H3. The van der Waals surface area contributed by atoms with E-state index in [9.17, 15) is 9.90 Å². The third-order valence-corrected chi connectivity index (χ3v) is 7.00. The third kappa shape index (κ3) is 6.23. The van der Waals surface area contributed by atoms with Gasteiger partial charge in [0.25, 0.3) is 0 Å². The Bertz CT molecular complexity index is 684. The van der Waals surface area contributed by atoms with Gasteiger partial charge in [0.15, 0.2) is 6.61 Å². The quantitative estimate of drug-likeness (QED) is 0.383. The Morgan fingerprint density at radius 3 is 2.77 bits per heavy atom. The maximum atomic E-state index is 11.9. The zero-order chi connectivity index (χ0) is 21.5. The fourth-order valence-corrected chi connectivity index (χ4v) is 5.49. The van der Waals surface area contributed by atoms with Crippen molar-refractivity contribution in [3.05, 3.63) is 29.3 Å². The van der Waals surface area contributed by atoms with Crippen LogP contribution in [0.5, 0.6) is 5.75 Å². The van der Waals surface area contributed by atoms with Gasteiger partial charge in [0.1, 0.15) is 5.75 Å². The third-order valence-electron chi connectivity index (χ3n) is 7.00. The summed E-state index contributed by atoms with van der Waals surface area (Å²) in [5.41, 5.74) is 2.66. The zero-order valence-corrected chi connectivity index (χ0v) is 19.1. The minimum Gasteiger partial charge on any atom is -0.482 e. The molecule has 4 unspecified atom stereocenters. The first-order valence-electron chi connectivity index (χ1n) is 12.1. The van der Waals surface area contributed by atoms with Gasteiger partial charge in [-0.1, -0.05) is 38.3 Å².